The van der Waals surface area contributed by atoms with Crippen LogP contribution in [-0.2, 0) is 0 Å². The van der Waals surface area contributed by atoms with Gasteiger partial charge in [-0.1, -0.05) is 23.7 Å². The lowest BCUT2D eigenvalue weighted by Crippen LogP contribution is -2.38. The van der Waals surface area contributed by atoms with Crippen LogP contribution in [0.3, 0.4) is 0 Å². The van der Waals surface area contributed by atoms with Crippen molar-refractivity contribution < 1.29 is 13.9 Å². The van der Waals surface area contributed by atoms with Crippen LogP contribution in [0.25, 0.3) is 0 Å². The molecule has 5 heteroatoms. The zero-order valence-corrected chi connectivity index (χ0v) is 10.6. The molecule has 0 radical (unpaired) electrons. The lowest BCUT2D eigenvalue weighted by Gasteiger charge is -2.22. The normalized spacial score (nSPS) is 17.8. The summed E-state index contributed by atoms with van der Waals surface area (Å²) >= 11 is 5.81. The van der Waals surface area contributed by atoms with Crippen LogP contribution in [0.2, 0.25) is 5.02 Å². The Morgan fingerprint density at radius 3 is 2.44 bits per heavy atom. The number of rotatable bonds is 6. The molecule has 2 N–H and O–H groups in total. The highest BCUT2D eigenvalue weighted by Gasteiger charge is 2.35. The minimum atomic E-state index is -3.07. The molecule has 0 spiro atoms. The topological polar surface area (TPSA) is 32.3 Å². The summed E-state index contributed by atoms with van der Waals surface area (Å²) in [6, 6.07) is 7.15. The van der Waals surface area contributed by atoms with E-state index in [0.29, 0.717) is 10.9 Å². The lowest BCUT2D eigenvalue weighted by atomic mass is 10.0. The van der Waals surface area contributed by atoms with Gasteiger partial charge in [0.1, 0.15) is 6.61 Å². The molecule has 0 aliphatic heterocycles. The van der Waals surface area contributed by atoms with Gasteiger partial charge in [-0.2, -0.15) is 0 Å². The average Bonchev–Trinajstić information content (AvgIpc) is 3.16. The third-order valence-electron chi connectivity index (χ3n) is 3.13. The van der Waals surface area contributed by atoms with Gasteiger partial charge >= 0.3 is 0 Å². The van der Waals surface area contributed by atoms with Crippen LogP contribution in [0.5, 0.6) is 0 Å². The van der Waals surface area contributed by atoms with Gasteiger partial charge in [0.05, 0.1) is 6.54 Å². The highest BCUT2D eigenvalue weighted by Crippen LogP contribution is 2.41. The number of benzene rings is 1. The average molecular weight is 276 g/mol. The largest absolute Gasteiger partial charge is 0.390 e. The van der Waals surface area contributed by atoms with Crippen LogP contribution >= 0.6 is 11.6 Å². The summed E-state index contributed by atoms with van der Waals surface area (Å²) in [5, 5.41) is 12.0. The molecule has 100 valence electrons. The van der Waals surface area contributed by atoms with Crippen LogP contribution in [0, 0.1) is 5.92 Å². The molecule has 1 unspecified atom stereocenters. The molecular weight excluding hydrogens is 260 g/mol. The predicted molar refractivity (Wildman–Crippen MR) is 67.0 cm³/mol. The molecule has 18 heavy (non-hydrogen) atoms. The van der Waals surface area contributed by atoms with Crippen molar-refractivity contribution in [3.63, 3.8) is 0 Å². The number of hydrogen-bond acceptors (Lipinski definition) is 2. The summed E-state index contributed by atoms with van der Waals surface area (Å²) in [6.45, 7) is -1.63. The number of aliphatic hydroxyl groups excluding tert-OH is 1. The van der Waals surface area contributed by atoms with Crippen molar-refractivity contribution in [2.75, 3.05) is 13.2 Å². The van der Waals surface area contributed by atoms with E-state index in [0.717, 1.165) is 18.4 Å². The summed E-state index contributed by atoms with van der Waals surface area (Å²) in [5.41, 5.74) is 0.968. The number of hydrogen-bond donors (Lipinski definition) is 2. The highest BCUT2D eigenvalue weighted by atomic mass is 35.5. The Balaban J connectivity index is 2.02. The maximum Gasteiger partial charge on any atom is 0.282 e. The zero-order valence-electron chi connectivity index (χ0n) is 9.87. The molecule has 0 heterocycles. The van der Waals surface area contributed by atoms with Crippen LogP contribution in [0.1, 0.15) is 24.4 Å². The van der Waals surface area contributed by atoms with E-state index in [9.17, 15) is 8.78 Å². The second-order valence-corrected chi connectivity index (χ2v) is 5.20. The van der Waals surface area contributed by atoms with E-state index < -0.39 is 19.1 Å². The molecule has 0 saturated heterocycles. The van der Waals surface area contributed by atoms with Crippen molar-refractivity contribution in [3.05, 3.63) is 34.9 Å². The van der Waals surface area contributed by atoms with Gasteiger partial charge in [0.25, 0.3) is 5.92 Å². The van der Waals surface area contributed by atoms with Gasteiger partial charge in [-0.25, -0.2) is 8.78 Å². The second-order valence-electron chi connectivity index (χ2n) is 4.76. The van der Waals surface area contributed by atoms with Crippen molar-refractivity contribution in [2.24, 2.45) is 5.92 Å². The fourth-order valence-corrected chi connectivity index (χ4v) is 2.10. The van der Waals surface area contributed by atoms with E-state index >= 15 is 0 Å². The fraction of sp³-hybridized carbons (Fsp3) is 0.538. The van der Waals surface area contributed by atoms with E-state index in [1.165, 1.54) is 0 Å². The number of nitrogens with one attached hydrogen (secondary N) is 1. The summed E-state index contributed by atoms with van der Waals surface area (Å²) < 4.78 is 26.1. The first-order valence-corrected chi connectivity index (χ1v) is 6.37. The monoisotopic (exact) mass is 275 g/mol. The lowest BCUT2D eigenvalue weighted by molar-refractivity contribution is -0.0498. The van der Waals surface area contributed by atoms with Gasteiger partial charge < -0.3 is 10.4 Å². The first-order valence-electron chi connectivity index (χ1n) is 5.99. The van der Waals surface area contributed by atoms with E-state index in [1.807, 2.05) is 12.1 Å². The van der Waals surface area contributed by atoms with Crippen molar-refractivity contribution >= 4 is 11.6 Å². The maximum absolute atomic E-state index is 13.0. The van der Waals surface area contributed by atoms with Gasteiger partial charge in [-0.15, -0.1) is 0 Å². The van der Waals surface area contributed by atoms with Gasteiger partial charge in [0.2, 0.25) is 0 Å². The number of halogens is 3. The molecule has 0 bridgehead atoms. The minimum absolute atomic E-state index is 0.0836. The van der Waals surface area contributed by atoms with Gasteiger partial charge in [-0.05, 0) is 36.5 Å². The SMILES string of the molecule is OCC(F)(F)CNC(c1ccc(Cl)cc1)C1CC1. The van der Waals surface area contributed by atoms with Gasteiger partial charge in [0.15, 0.2) is 0 Å². The van der Waals surface area contributed by atoms with E-state index in [4.69, 9.17) is 16.7 Å². The predicted octanol–water partition coefficient (Wildman–Crippen LogP) is 3.01. The zero-order chi connectivity index (χ0) is 13.2. The Hall–Kier alpha value is -0.710. The number of alkyl halides is 2. The molecule has 1 aromatic rings. The molecule has 1 aliphatic carbocycles. The Kier molecular flexibility index (Phi) is 4.20. The maximum atomic E-state index is 13.0. The standard InChI is InChI=1S/C13H16ClF2NO/c14-11-5-3-10(4-6-11)12(9-1-2-9)17-7-13(15,16)8-18/h3-6,9,12,17-18H,1-2,7-8H2. The van der Waals surface area contributed by atoms with Crippen LogP contribution in [-0.4, -0.2) is 24.2 Å². The fourth-order valence-electron chi connectivity index (χ4n) is 1.97. The van der Waals surface area contributed by atoms with E-state index in [1.54, 1.807) is 12.1 Å². The third kappa shape index (κ3) is 3.64. The first-order chi connectivity index (χ1) is 8.52. The number of aliphatic hydroxyl groups is 1. The first kappa shape index (κ1) is 13.7. The van der Waals surface area contributed by atoms with Gasteiger partial charge in [0, 0.05) is 11.1 Å². The molecule has 1 aromatic carbocycles. The van der Waals surface area contributed by atoms with E-state index in [-0.39, 0.29) is 6.04 Å². The molecule has 1 aliphatic rings. The van der Waals surface area contributed by atoms with Gasteiger partial charge in [-0.3, -0.25) is 0 Å². The smallest absolute Gasteiger partial charge is 0.282 e. The molecule has 2 rings (SSSR count). The molecule has 1 atom stereocenters. The molecule has 1 fully saturated rings. The molecule has 0 amide bonds. The Labute approximate surface area is 110 Å². The Bertz CT molecular complexity index is 392. The molecular formula is C13H16ClF2NO. The summed E-state index contributed by atoms with van der Waals surface area (Å²) in [7, 11) is 0. The highest BCUT2D eigenvalue weighted by molar-refractivity contribution is 6.30. The quantitative estimate of drug-likeness (QED) is 0.836. The van der Waals surface area contributed by atoms with Crippen molar-refractivity contribution in [2.45, 2.75) is 24.8 Å². The molecule has 2 nitrogen and oxygen atoms in total. The second kappa shape index (κ2) is 5.51. The summed E-state index contributed by atoms with van der Waals surface area (Å²) in [4.78, 5) is 0. The van der Waals surface area contributed by atoms with Crippen LogP contribution in [0.4, 0.5) is 8.78 Å². The minimum Gasteiger partial charge on any atom is -0.390 e. The van der Waals surface area contributed by atoms with Crippen LogP contribution in [0.15, 0.2) is 24.3 Å². The van der Waals surface area contributed by atoms with Crippen molar-refractivity contribution in [3.8, 4) is 0 Å². The summed E-state index contributed by atoms with van der Waals surface area (Å²) in [5.74, 6) is -2.67. The Morgan fingerprint density at radius 1 is 1.33 bits per heavy atom. The van der Waals surface area contributed by atoms with Crippen molar-refractivity contribution in [1.29, 1.82) is 0 Å². The summed E-state index contributed by atoms with van der Waals surface area (Å²) in [6.07, 6.45) is 2.09. The van der Waals surface area contributed by atoms with E-state index in [2.05, 4.69) is 5.32 Å². The Morgan fingerprint density at radius 2 is 1.94 bits per heavy atom. The molecule has 0 aromatic heterocycles. The third-order valence-corrected chi connectivity index (χ3v) is 3.39. The van der Waals surface area contributed by atoms with Crippen molar-refractivity contribution in [1.82, 2.24) is 5.32 Å². The molecule has 1 saturated carbocycles. The van der Waals surface area contributed by atoms with Crippen LogP contribution < -0.4 is 5.32 Å².